The first kappa shape index (κ1) is 15.2. The molecule has 0 aliphatic heterocycles. The number of nitrogens with zero attached hydrogens (tertiary/aromatic N) is 2. The maximum Gasteiger partial charge on any atom is 0.260 e. The van der Waals surface area contributed by atoms with Gasteiger partial charge >= 0.3 is 0 Å². The van der Waals surface area contributed by atoms with Crippen molar-refractivity contribution in [3.8, 4) is 12.3 Å². The van der Waals surface area contributed by atoms with Crippen LogP contribution in [0.3, 0.4) is 0 Å². The van der Waals surface area contributed by atoms with Crippen molar-refractivity contribution in [1.29, 1.82) is 0 Å². The van der Waals surface area contributed by atoms with Crippen LogP contribution in [0.4, 0.5) is 0 Å². The van der Waals surface area contributed by atoms with Crippen LogP contribution >= 0.6 is 0 Å². The second-order valence-electron chi connectivity index (χ2n) is 6.11. The monoisotopic (exact) mass is 327 g/mol. The molecule has 0 unspecified atom stereocenters. The minimum atomic E-state index is -0.0806. The lowest BCUT2D eigenvalue weighted by molar-refractivity contribution is 0.768. The molecule has 0 aliphatic carbocycles. The van der Waals surface area contributed by atoms with Gasteiger partial charge in [0.2, 0.25) is 0 Å². The number of terminal acetylenes is 1. The number of fused-ring (bicyclic) bond motifs is 2. The van der Waals surface area contributed by atoms with Gasteiger partial charge in [-0.15, -0.1) is 6.42 Å². The largest absolute Gasteiger partial charge is 0.358 e. The number of nitrogens with one attached hydrogen (secondary N) is 1. The molecule has 0 spiro atoms. The molecule has 3 heterocycles. The molecule has 1 aromatic carbocycles. The molecule has 4 heteroatoms. The van der Waals surface area contributed by atoms with E-state index in [1.807, 2.05) is 6.07 Å². The maximum atomic E-state index is 12.8. The molecule has 0 saturated heterocycles. The van der Waals surface area contributed by atoms with Gasteiger partial charge in [-0.2, -0.15) is 0 Å². The number of rotatable bonds is 3. The third-order valence-corrected chi connectivity index (χ3v) is 4.53. The van der Waals surface area contributed by atoms with Crippen LogP contribution in [0.5, 0.6) is 0 Å². The Morgan fingerprint density at radius 3 is 2.88 bits per heavy atom. The molecule has 4 rings (SSSR count). The number of hydrogen-bond donors (Lipinski definition) is 1. The average molecular weight is 327 g/mol. The first-order valence-corrected chi connectivity index (χ1v) is 8.24. The lowest BCUT2D eigenvalue weighted by atomic mass is 10.1. The first-order chi connectivity index (χ1) is 12.2. The molecular weight excluding hydrogens is 310 g/mol. The summed E-state index contributed by atoms with van der Waals surface area (Å²) in [7, 11) is 0. The summed E-state index contributed by atoms with van der Waals surface area (Å²) in [5.41, 5.74) is 3.94. The Morgan fingerprint density at radius 2 is 2.08 bits per heavy atom. The van der Waals surface area contributed by atoms with Crippen LogP contribution in [0.1, 0.15) is 23.7 Å². The third kappa shape index (κ3) is 2.60. The van der Waals surface area contributed by atoms with E-state index in [2.05, 4.69) is 47.1 Å². The molecule has 1 N–H and O–H groups in total. The molecular formula is C21H17N3O. The Hall–Kier alpha value is -3.32. The van der Waals surface area contributed by atoms with E-state index >= 15 is 0 Å². The van der Waals surface area contributed by atoms with Gasteiger partial charge in [-0.05, 0) is 35.6 Å². The van der Waals surface area contributed by atoms with Crippen molar-refractivity contribution in [2.24, 2.45) is 0 Å². The van der Waals surface area contributed by atoms with Gasteiger partial charge in [0.05, 0.1) is 17.5 Å². The fourth-order valence-electron chi connectivity index (χ4n) is 3.17. The van der Waals surface area contributed by atoms with Crippen molar-refractivity contribution in [3.05, 3.63) is 76.1 Å². The topological polar surface area (TPSA) is 50.7 Å². The normalized spacial score (nSPS) is 11.0. The molecule has 0 fully saturated rings. The molecule has 25 heavy (non-hydrogen) atoms. The molecule has 4 nitrogen and oxygen atoms in total. The Labute approximate surface area is 145 Å². The van der Waals surface area contributed by atoms with Crippen LogP contribution in [0.2, 0.25) is 0 Å². The fourth-order valence-corrected chi connectivity index (χ4v) is 3.17. The second-order valence-corrected chi connectivity index (χ2v) is 6.11. The van der Waals surface area contributed by atoms with Crippen molar-refractivity contribution in [1.82, 2.24) is 14.5 Å². The van der Waals surface area contributed by atoms with Gasteiger partial charge in [0, 0.05) is 35.2 Å². The molecule has 0 atom stereocenters. The Kier molecular flexibility index (Phi) is 3.62. The summed E-state index contributed by atoms with van der Waals surface area (Å²) < 4.78 is 1.69. The third-order valence-electron chi connectivity index (χ3n) is 4.53. The SMILES string of the molecule is C#Cc1cncc2c(=O)n(Cc3ccc4cc(CC)[nH]c4c3)ccc12. The number of hydrogen-bond acceptors (Lipinski definition) is 2. The van der Waals surface area contributed by atoms with Gasteiger partial charge in [0.25, 0.3) is 5.56 Å². The molecule has 3 aromatic heterocycles. The average Bonchev–Trinajstić information content (AvgIpc) is 3.06. The number of aromatic amines is 1. The van der Waals surface area contributed by atoms with E-state index in [9.17, 15) is 4.79 Å². The van der Waals surface area contributed by atoms with Gasteiger partial charge in [-0.3, -0.25) is 9.78 Å². The minimum absolute atomic E-state index is 0.0806. The van der Waals surface area contributed by atoms with E-state index in [-0.39, 0.29) is 5.56 Å². The number of H-pyrrole nitrogens is 1. The molecule has 122 valence electrons. The van der Waals surface area contributed by atoms with Gasteiger partial charge in [-0.1, -0.05) is 25.0 Å². The Balaban J connectivity index is 1.77. The van der Waals surface area contributed by atoms with Crippen LogP contribution in [0.25, 0.3) is 21.7 Å². The summed E-state index contributed by atoms with van der Waals surface area (Å²) in [6, 6.07) is 10.3. The van der Waals surface area contributed by atoms with Crippen molar-refractivity contribution in [3.63, 3.8) is 0 Å². The van der Waals surface area contributed by atoms with E-state index in [1.165, 1.54) is 11.1 Å². The van der Waals surface area contributed by atoms with Crippen molar-refractivity contribution in [2.75, 3.05) is 0 Å². The van der Waals surface area contributed by atoms with Gasteiger partial charge < -0.3 is 9.55 Å². The summed E-state index contributed by atoms with van der Waals surface area (Å²) in [4.78, 5) is 20.3. The van der Waals surface area contributed by atoms with Crippen LogP contribution in [0, 0.1) is 12.3 Å². The lowest BCUT2D eigenvalue weighted by Crippen LogP contribution is -2.20. The summed E-state index contributed by atoms with van der Waals surface area (Å²) >= 11 is 0. The zero-order valence-electron chi connectivity index (χ0n) is 13.9. The second kappa shape index (κ2) is 5.95. The van der Waals surface area contributed by atoms with E-state index in [1.54, 1.807) is 23.2 Å². The van der Waals surface area contributed by atoms with Gasteiger partial charge in [0.15, 0.2) is 0 Å². The minimum Gasteiger partial charge on any atom is -0.358 e. The van der Waals surface area contributed by atoms with Crippen molar-refractivity contribution < 1.29 is 0 Å². The zero-order chi connectivity index (χ0) is 17.4. The number of pyridine rings is 2. The predicted molar refractivity (Wildman–Crippen MR) is 101 cm³/mol. The fraction of sp³-hybridized carbons (Fsp3) is 0.143. The number of benzene rings is 1. The standard InChI is InChI=1S/C21H17N3O/c1-3-15-11-22-12-19-18(15)7-8-24(21(19)25)13-14-5-6-16-10-17(4-2)23-20(16)9-14/h1,5-12,23H,4,13H2,2H3. The molecule has 0 saturated carbocycles. The van der Waals surface area contributed by atoms with E-state index in [0.29, 0.717) is 17.5 Å². The van der Waals surface area contributed by atoms with E-state index in [0.717, 1.165) is 22.9 Å². The molecule has 0 bridgehead atoms. The number of aryl methyl sites for hydroxylation is 1. The Morgan fingerprint density at radius 1 is 1.20 bits per heavy atom. The summed E-state index contributed by atoms with van der Waals surface area (Å²) in [5.74, 6) is 2.58. The highest BCUT2D eigenvalue weighted by Gasteiger charge is 2.07. The lowest BCUT2D eigenvalue weighted by Gasteiger charge is -2.08. The number of aromatic nitrogens is 3. The van der Waals surface area contributed by atoms with Crippen LogP contribution < -0.4 is 5.56 Å². The predicted octanol–water partition coefficient (Wildman–Crippen LogP) is 3.47. The van der Waals surface area contributed by atoms with Gasteiger partial charge in [-0.25, -0.2) is 0 Å². The summed E-state index contributed by atoms with van der Waals surface area (Å²) in [6.45, 7) is 2.63. The van der Waals surface area contributed by atoms with E-state index in [4.69, 9.17) is 6.42 Å². The first-order valence-electron chi connectivity index (χ1n) is 8.24. The highest BCUT2D eigenvalue weighted by molar-refractivity contribution is 5.86. The zero-order valence-corrected chi connectivity index (χ0v) is 13.9. The Bertz CT molecular complexity index is 1190. The molecule has 0 aliphatic rings. The van der Waals surface area contributed by atoms with Gasteiger partial charge in [0.1, 0.15) is 0 Å². The van der Waals surface area contributed by atoms with E-state index < -0.39 is 0 Å². The van der Waals surface area contributed by atoms with Crippen molar-refractivity contribution >= 4 is 21.7 Å². The molecule has 0 amide bonds. The maximum absolute atomic E-state index is 12.8. The van der Waals surface area contributed by atoms with Crippen LogP contribution in [-0.2, 0) is 13.0 Å². The highest BCUT2D eigenvalue weighted by atomic mass is 16.1. The summed E-state index contributed by atoms with van der Waals surface area (Å²) in [6.07, 6.45) is 11.4. The summed E-state index contributed by atoms with van der Waals surface area (Å²) in [5, 5.41) is 2.51. The highest BCUT2D eigenvalue weighted by Crippen LogP contribution is 2.19. The quantitative estimate of drug-likeness (QED) is 0.586. The van der Waals surface area contributed by atoms with Crippen molar-refractivity contribution in [2.45, 2.75) is 19.9 Å². The molecule has 0 radical (unpaired) electrons. The van der Waals surface area contributed by atoms with Crippen LogP contribution in [-0.4, -0.2) is 14.5 Å². The molecule has 4 aromatic rings. The smallest absolute Gasteiger partial charge is 0.260 e. The van der Waals surface area contributed by atoms with Crippen LogP contribution in [0.15, 0.2) is 53.7 Å².